The summed E-state index contributed by atoms with van der Waals surface area (Å²) in [5.74, 6) is 1.43. The number of fused-ring (bicyclic) bond motifs is 1. The van der Waals surface area contributed by atoms with Crippen LogP contribution < -0.4 is 15.4 Å². The van der Waals surface area contributed by atoms with Crippen LogP contribution in [0.25, 0.3) is 5.65 Å². The molecule has 41 heavy (non-hydrogen) atoms. The van der Waals surface area contributed by atoms with Crippen molar-refractivity contribution in [2.45, 2.75) is 63.7 Å². The average molecular weight is 569 g/mol. The SMILES string of the molecule is CCc1cnn2c(NC3CCN(C(=O)O[C@@H]4CCN(C(=O)/C=C/CN(C)C)C4)CC3)cc(O[C@@H]3CCCNC3)nc12. The van der Waals surface area contributed by atoms with Crippen LogP contribution >= 0.6 is 0 Å². The molecule has 12 nitrogen and oxygen atoms in total. The number of carbonyl (C=O) groups is 2. The minimum Gasteiger partial charge on any atom is -0.473 e. The second-order valence-corrected chi connectivity index (χ2v) is 11.5. The molecule has 5 rings (SSSR count). The standard InChI is InChI=1S/C29H44N8O4/c1-4-21-18-31-37-25(17-26(33-28(21)37)40-23-7-5-12-30-19-23)32-22-9-14-35(15-10-22)29(39)41-24-11-16-36(20-24)27(38)8-6-13-34(2)3/h6,8,17-18,22-24,30,32H,4-5,7,9-16,19-20H2,1-3H3/b8-6+/t23-,24-/m1/s1. The molecule has 2 aromatic heterocycles. The van der Waals surface area contributed by atoms with Crippen LogP contribution in [0.3, 0.4) is 0 Å². The summed E-state index contributed by atoms with van der Waals surface area (Å²) in [6.45, 7) is 6.92. The van der Waals surface area contributed by atoms with Gasteiger partial charge in [0.2, 0.25) is 11.8 Å². The number of hydrogen-bond donors (Lipinski definition) is 2. The summed E-state index contributed by atoms with van der Waals surface area (Å²) in [6.07, 6.45) is 10.1. The minimum atomic E-state index is -0.298. The first-order chi connectivity index (χ1) is 19.9. The molecule has 2 atom stereocenters. The van der Waals surface area contributed by atoms with E-state index in [0.717, 1.165) is 62.2 Å². The molecule has 0 radical (unpaired) electrons. The van der Waals surface area contributed by atoms with Gasteiger partial charge < -0.3 is 34.8 Å². The third-order valence-corrected chi connectivity index (χ3v) is 8.00. The molecule has 0 aromatic carbocycles. The van der Waals surface area contributed by atoms with Gasteiger partial charge in [-0.2, -0.15) is 14.6 Å². The molecule has 12 heteroatoms. The highest BCUT2D eigenvalue weighted by molar-refractivity contribution is 5.87. The molecule has 3 aliphatic heterocycles. The van der Waals surface area contributed by atoms with E-state index in [4.69, 9.17) is 14.5 Å². The number of likely N-dealkylation sites (tertiary alicyclic amines) is 2. The fraction of sp³-hybridized carbons (Fsp3) is 0.655. The van der Waals surface area contributed by atoms with Crippen molar-refractivity contribution < 1.29 is 19.1 Å². The monoisotopic (exact) mass is 568 g/mol. The molecule has 5 heterocycles. The Kier molecular flexibility index (Phi) is 9.60. The number of rotatable bonds is 9. The number of ether oxygens (including phenoxy) is 2. The second kappa shape index (κ2) is 13.5. The molecule has 0 spiro atoms. The van der Waals surface area contributed by atoms with E-state index in [0.29, 0.717) is 45.0 Å². The summed E-state index contributed by atoms with van der Waals surface area (Å²) in [4.78, 5) is 35.6. The number of nitrogens with one attached hydrogen (secondary N) is 2. The molecule has 2 aromatic rings. The summed E-state index contributed by atoms with van der Waals surface area (Å²) < 4.78 is 13.9. The number of anilines is 1. The highest BCUT2D eigenvalue weighted by atomic mass is 16.6. The Labute approximate surface area is 242 Å². The fourth-order valence-electron chi connectivity index (χ4n) is 5.62. The maximum Gasteiger partial charge on any atom is 0.410 e. The minimum absolute atomic E-state index is 0.0327. The molecule has 0 aliphatic carbocycles. The van der Waals surface area contributed by atoms with Gasteiger partial charge in [0.05, 0.1) is 12.7 Å². The number of aryl methyl sites for hydroxylation is 1. The Morgan fingerprint density at radius 2 is 1.95 bits per heavy atom. The third kappa shape index (κ3) is 7.48. The van der Waals surface area contributed by atoms with Crippen LogP contribution in [0.2, 0.25) is 0 Å². The van der Waals surface area contributed by atoms with Crippen molar-refractivity contribution in [2.75, 3.05) is 65.2 Å². The van der Waals surface area contributed by atoms with Gasteiger partial charge in [-0.1, -0.05) is 13.0 Å². The van der Waals surface area contributed by atoms with Crippen LogP contribution in [0.5, 0.6) is 5.88 Å². The number of likely N-dealkylation sites (N-methyl/N-ethyl adjacent to an activating group) is 1. The normalized spacial score (nSPS) is 22.1. The average Bonchev–Trinajstić information content (AvgIpc) is 3.61. The van der Waals surface area contributed by atoms with Gasteiger partial charge in [-0.05, 0) is 52.7 Å². The molecular formula is C29H44N8O4. The number of nitrogens with zero attached hydrogens (tertiary/aromatic N) is 6. The van der Waals surface area contributed by atoms with Gasteiger partial charge >= 0.3 is 6.09 Å². The number of aromatic nitrogens is 3. The Morgan fingerprint density at radius 3 is 2.68 bits per heavy atom. The Hall–Kier alpha value is -3.38. The summed E-state index contributed by atoms with van der Waals surface area (Å²) in [5.41, 5.74) is 1.89. The maximum absolute atomic E-state index is 12.9. The van der Waals surface area contributed by atoms with E-state index in [9.17, 15) is 9.59 Å². The zero-order valence-corrected chi connectivity index (χ0v) is 24.6. The highest BCUT2D eigenvalue weighted by Crippen LogP contribution is 2.25. The van der Waals surface area contributed by atoms with Crippen molar-refractivity contribution in [2.24, 2.45) is 0 Å². The first-order valence-corrected chi connectivity index (χ1v) is 15.0. The van der Waals surface area contributed by atoms with Gasteiger partial charge in [-0.25, -0.2) is 4.79 Å². The lowest BCUT2D eigenvalue weighted by Gasteiger charge is -2.33. The van der Waals surface area contributed by atoms with E-state index < -0.39 is 0 Å². The summed E-state index contributed by atoms with van der Waals surface area (Å²) in [5, 5.41) is 11.6. The van der Waals surface area contributed by atoms with Crippen LogP contribution in [-0.4, -0.2) is 119 Å². The Bertz CT molecular complexity index is 1220. The fourth-order valence-corrected chi connectivity index (χ4v) is 5.62. The molecule has 2 amide bonds. The molecule has 3 fully saturated rings. The summed E-state index contributed by atoms with van der Waals surface area (Å²) >= 11 is 0. The van der Waals surface area contributed by atoms with Gasteiger partial charge in [-0.3, -0.25) is 4.79 Å². The van der Waals surface area contributed by atoms with Crippen molar-refractivity contribution in [1.82, 2.24) is 34.6 Å². The van der Waals surface area contributed by atoms with Gasteiger partial charge in [0, 0.05) is 62.9 Å². The van der Waals surface area contributed by atoms with Gasteiger partial charge in [0.15, 0.2) is 5.65 Å². The van der Waals surface area contributed by atoms with Crippen molar-refractivity contribution in [1.29, 1.82) is 0 Å². The summed E-state index contributed by atoms with van der Waals surface area (Å²) in [6, 6.07) is 2.12. The van der Waals surface area contributed by atoms with E-state index >= 15 is 0 Å². The zero-order chi connectivity index (χ0) is 28.8. The number of carbonyl (C=O) groups excluding carboxylic acids is 2. The molecular weight excluding hydrogens is 524 g/mol. The smallest absolute Gasteiger partial charge is 0.410 e. The second-order valence-electron chi connectivity index (χ2n) is 11.5. The molecule has 224 valence electrons. The maximum atomic E-state index is 12.9. The van der Waals surface area contributed by atoms with Gasteiger partial charge in [0.25, 0.3) is 0 Å². The molecule has 0 saturated carbocycles. The lowest BCUT2D eigenvalue weighted by atomic mass is 10.1. The first-order valence-electron chi connectivity index (χ1n) is 15.0. The molecule has 2 N–H and O–H groups in total. The largest absolute Gasteiger partial charge is 0.473 e. The van der Waals surface area contributed by atoms with E-state index in [1.807, 2.05) is 41.8 Å². The highest BCUT2D eigenvalue weighted by Gasteiger charge is 2.31. The molecule has 3 aliphatic rings. The van der Waals surface area contributed by atoms with Crippen LogP contribution in [0.4, 0.5) is 10.6 Å². The quantitative estimate of drug-likeness (QED) is 0.439. The molecule has 3 saturated heterocycles. The zero-order valence-electron chi connectivity index (χ0n) is 24.6. The van der Waals surface area contributed by atoms with Crippen molar-refractivity contribution in [3.63, 3.8) is 0 Å². The van der Waals surface area contributed by atoms with Gasteiger partial charge in [-0.15, -0.1) is 0 Å². The topological polar surface area (TPSA) is 117 Å². The lowest BCUT2D eigenvalue weighted by Crippen LogP contribution is -2.44. The van der Waals surface area contributed by atoms with Crippen molar-refractivity contribution in [3.05, 3.63) is 30.0 Å². The molecule has 0 bridgehead atoms. The lowest BCUT2D eigenvalue weighted by molar-refractivity contribution is -0.125. The Morgan fingerprint density at radius 1 is 1.15 bits per heavy atom. The van der Waals surface area contributed by atoms with E-state index in [1.54, 1.807) is 15.9 Å². The predicted molar refractivity (Wildman–Crippen MR) is 156 cm³/mol. The first kappa shape index (κ1) is 29.1. The van der Waals surface area contributed by atoms with E-state index in [2.05, 4.69) is 22.7 Å². The Balaban J connectivity index is 1.13. The van der Waals surface area contributed by atoms with E-state index in [1.165, 1.54) is 0 Å². The number of piperidine rings is 2. The number of hydrogen-bond acceptors (Lipinski definition) is 9. The van der Waals surface area contributed by atoms with Crippen molar-refractivity contribution in [3.8, 4) is 5.88 Å². The molecule has 0 unspecified atom stereocenters. The predicted octanol–water partition coefficient (Wildman–Crippen LogP) is 2.15. The van der Waals surface area contributed by atoms with E-state index in [-0.39, 0.29) is 30.3 Å². The summed E-state index contributed by atoms with van der Waals surface area (Å²) in [7, 11) is 3.92. The van der Waals surface area contributed by atoms with Gasteiger partial charge in [0.1, 0.15) is 18.0 Å². The van der Waals surface area contributed by atoms with Crippen LogP contribution in [0.15, 0.2) is 24.4 Å². The van der Waals surface area contributed by atoms with Crippen LogP contribution in [0, 0.1) is 0 Å². The van der Waals surface area contributed by atoms with Crippen molar-refractivity contribution >= 4 is 23.5 Å². The third-order valence-electron chi connectivity index (χ3n) is 8.00. The number of amides is 2. The van der Waals surface area contributed by atoms with Crippen LogP contribution in [-0.2, 0) is 16.0 Å². The van der Waals surface area contributed by atoms with Crippen LogP contribution in [0.1, 0.15) is 44.6 Å².